The fraction of sp³-hybridized carbons (Fsp3) is 0.857. The van der Waals surface area contributed by atoms with E-state index in [1.807, 2.05) is 6.92 Å². The number of aliphatic hydroxyl groups excluding tert-OH is 1. The van der Waals surface area contributed by atoms with Gasteiger partial charge in [-0.1, -0.05) is 13.3 Å². The zero-order valence-electron chi connectivity index (χ0n) is 6.46. The van der Waals surface area contributed by atoms with Crippen molar-refractivity contribution < 1.29 is 15.0 Å². The largest absolute Gasteiger partial charge is 0.481 e. The molecule has 2 unspecified atom stereocenters. The van der Waals surface area contributed by atoms with Gasteiger partial charge in [-0.05, 0) is 6.42 Å². The normalized spacial score (nSPS) is 15.9. The Morgan fingerprint density at radius 2 is 2.18 bits per heavy atom. The van der Waals surface area contributed by atoms with E-state index in [-0.39, 0.29) is 5.88 Å². The van der Waals surface area contributed by atoms with Gasteiger partial charge in [0.15, 0.2) is 0 Å². The monoisotopic (exact) mass is 180 g/mol. The summed E-state index contributed by atoms with van der Waals surface area (Å²) >= 11 is 5.31. The lowest BCUT2D eigenvalue weighted by molar-refractivity contribution is -0.145. The summed E-state index contributed by atoms with van der Waals surface area (Å²) in [5.41, 5.74) is 0. The molecule has 3 nitrogen and oxygen atoms in total. The van der Waals surface area contributed by atoms with Gasteiger partial charge in [-0.25, -0.2) is 0 Å². The van der Waals surface area contributed by atoms with Crippen molar-refractivity contribution in [3.63, 3.8) is 0 Å². The molecular weight excluding hydrogens is 168 g/mol. The van der Waals surface area contributed by atoms with E-state index in [4.69, 9.17) is 21.8 Å². The highest BCUT2D eigenvalue weighted by atomic mass is 35.5. The molecule has 11 heavy (non-hydrogen) atoms. The molecule has 0 aliphatic heterocycles. The number of alkyl halides is 1. The summed E-state index contributed by atoms with van der Waals surface area (Å²) in [6.45, 7) is 1.87. The number of hydrogen-bond acceptors (Lipinski definition) is 2. The van der Waals surface area contributed by atoms with Crippen molar-refractivity contribution in [2.24, 2.45) is 5.92 Å². The van der Waals surface area contributed by atoms with E-state index in [0.717, 1.165) is 6.42 Å². The summed E-state index contributed by atoms with van der Waals surface area (Å²) in [6, 6.07) is 0. The molecule has 0 aromatic carbocycles. The molecule has 0 spiro atoms. The Bertz CT molecular complexity index is 127. The molecule has 0 saturated heterocycles. The second-order valence-corrected chi connectivity index (χ2v) is 2.76. The molecule has 2 atom stereocenters. The molecule has 0 aromatic heterocycles. The van der Waals surface area contributed by atoms with Crippen LogP contribution >= 0.6 is 11.6 Å². The second-order valence-electron chi connectivity index (χ2n) is 2.46. The first kappa shape index (κ1) is 10.7. The third-order valence-corrected chi connectivity index (χ3v) is 1.86. The van der Waals surface area contributed by atoms with Crippen molar-refractivity contribution in [2.75, 3.05) is 5.88 Å². The molecular formula is C7H13ClO3. The van der Waals surface area contributed by atoms with Crippen LogP contribution in [0.1, 0.15) is 19.8 Å². The van der Waals surface area contributed by atoms with Gasteiger partial charge in [0, 0.05) is 5.88 Å². The zero-order chi connectivity index (χ0) is 8.85. The van der Waals surface area contributed by atoms with Crippen LogP contribution in [0.5, 0.6) is 0 Å². The molecule has 2 N–H and O–H groups in total. The summed E-state index contributed by atoms with van der Waals surface area (Å²) < 4.78 is 0. The summed E-state index contributed by atoms with van der Waals surface area (Å²) in [6.07, 6.45) is 0.294. The highest BCUT2D eigenvalue weighted by Gasteiger charge is 2.24. The summed E-state index contributed by atoms with van der Waals surface area (Å²) in [5, 5.41) is 17.7. The molecule has 0 aliphatic carbocycles. The third-order valence-electron chi connectivity index (χ3n) is 1.54. The molecule has 0 fully saturated rings. The Kier molecular flexibility index (Phi) is 5.24. The summed E-state index contributed by atoms with van der Waals surface area (Å²) in [4.78, 5) is 10.5. The van der Waals surface area contributed by atoms with Gasteiger partial charge in [-0.2, -0.15) is 0 Å². The number of rotatable bonds is 5. The smallest absolute Gasteiger partial charge is 0.309 e. The predicted octanol–water partition coefficient (Wildman–Crippen LogP) is 1.09. The Labute approximate surface area is 71.0 Å². The molecule has 0 radical (unpaired) electrons. The Balaban J connectivity index is 3.97. The SMILES string of the molecule is CCCC(C(=O)O)C(O)CCl. The molecule has 0 aromatic rings. The Morgan fingerprint density at radius 3 is 2.45 bits per heavy atom. The van der Waals surface area contributed by atoms with Gasteiger partial charge in [0.1, 0.15) is 0 Å². The number of aliphatic hydroxyl groups is 1. The van der Waals surface area contributed by atoms with Gasteiger partial charge >= 0.3 is 5.97 Å². The minimum absolute atomic E-state index is 0.0169. The van der Waals surface area contributed by atoms with Crippen molar-refractivity contribution in [1.29, 1.82) is 0 Å². The van der Waals surface area contributed by atoms with Gasteiger partial charge in [-0.15, -0.1) is 11.6 Å². The van der Waals surface area contributed by atoms with Crippen LogP contribution in [0.25, 0.3) is 0 Å². The minimum Gasteiger partial charge on any atom is -0.481 e. The van der Waals surface area contributed by atoms with Crippen molar-refractivity contribution in [3.8, 4) is 0 Å². The number of carbonyl (C=O) groups is 1. The average Bonchev–Trinajstić information content (AvgIpc) is 1.98. The van der Waals surface area contributed by atoms with Crippen LogP contribution in [0.4, 0.5) is 0 Å². The van der Waals surface area contributed by atoms with E-state index in [1.54, 1.807) is 0 Å². The van der Waals surface area contributed by atoms with Crippen molar-refractivity contribution in [1.82, 2.24) is 0 Å². The average molecular weight is 181 g/mol. The topological polar surface area (TPSA) is 57.5 Å². The first-order valence-corrected chi connectivity index (χ1v) is 4.13. The van der Waals surface area contributed by atoms with Crippen LogP contribution in [0, 0.1) is 5.92 Å². The quantitative estimate of drug-likeness (QED) is 0.623. The number of carboxylic acid groups (broad SMARTS) is 1. The number of aliphatic carboxylic acids is 1. The molecule has 0 heterocycles. The van der Waals surface area contributed by atoms with Gasteiger partial charge in [0.2, 0.25) is 0 Å². The molecule has 0 amide bonds. The number of carboxylic acids is 1. The van der Waals surface area contributed by atoms with Crippen LogP contribution in [0.2, 0.25) is 0 Å². The zero-order valence-corrected chi connectivity index (χ0v) is 7.21. The van der Waals surface area contributed by atoms with Gasteiger partial charge in [0.05, 0.1) is 12.0 Å². The van der Waals surface area contributed by atoms with Crippen molar-refractivity contribution in [3.05, 3.63) is 0 Å². The molecule has 0 saturated carbocycles. The van der Waals surface area contributed by atoms with Gasteiger partial charge in [-0.3, -0.25) is 4.79 Å². The van der Waals surface area contributed by atoms with Crippen LogP contribution < -0.4 is 0 Å². The lowest BCUT2D eigenvalue weighted by atomic mass is 9.99. The standard InChI is InChI=1S/C7H13ClO3/c1-2-3-5(7(10)11)6(9)4-8/h5-6,9H,2-4H2,1H3,(H,10,11). The highest BCUT2D eigenvalue weighted by Crippen LogP contribution is 2.12. The Hall–Kier alpha value is -0.280. The van der Waals surface area contributed by atoms with Crippen molar-refractivity contribution >= 4 is 17.6 Å². The van der Waals surface area contributed by atoms with Crippen LogP contribution in [-0.2, 0) is 4.79 Å². The van der Waals surface area contributed by atoms with E-state index < -0.39 is 18.0 Å². The molecule has 66 valence electrons. The van der Waals surface area contributed by atoms with E-state index in [2.05, 4.69) is 0 Å². The van der Waals surface area contributed by atoms with Crippen LogP contribution in [0.15, 0.2) is 0 Å². The lowest BCUT2D eigenvalue weighted by Crippen LogP contribution is -2.29. The van der Waals surface area contributed by atoms with Crippen molar-refractivity contribution in [2.45, 2.75) is 25.9 Å². The van der Waals surface area contributed by atoms with Crippen LogP contribution in [-0.4, -0.2) is 28.2 Å². The molecule has 4 heteroatoms. The number of halogens is 1. The van der Waals surface area contributed by atoms with Crippen LogP contribution in [0.3, 0.4) is 0 Å². The van der Waals surface area contributed by atoms with Gasteiger partial charge < -0.3 is 10.2 Å². The highest BCUT2D eigenvalue weighted by molar-refractivity contribution is 6.18. The maximum Gasteiger partial charge on any atom is 0.309 e. The maximum absolute atomic E-state index is 10.5. The maximum atomic E-state index is 10.5. The summed E-state index contributed by atoms with van der Waals surface area (Å²) in [7, 11) is 0. The van der Waals surface area contributed by atoms with E-state index >= 15 is 0 Å². The summed E-state index contributed by atoms with van der Waals surface area (Å²) in [5.74, 6) is -1.70. The molecule has 0 aliphatic rings. The third kappa shape index (κ3) is 3.58. The predicted molar refractivity (Wildman–Crippen MR) is 42.8 cm³/mol. The Morgan fingerprint density at radius 1 is 1.64 bits per heavy atom. The van der Waals surface area contributed by atoms with Gasteiger partial charge in [0.25, 0.3) is 0 Å². The number of hydrogen-bond donors (Lipinski definition) is 2. The van der Waals surface area contributed by atoms with E-state index in [9.17, 15) is 4.79 Å². The van der Waals surface area contributed by atoms with E-state index in [1.165, 1.54) is 0 Å². The first-order chi connectivity index (χ1) is 5.13. The lowest BCUT2D eigenvalue weighted by Gasteiger charge is -2.15. The minimum atomic E-state index is -0.972. The van der Waals surface area contributed by atoms with E-state index in [0.29, 0.717) is 6.42 Å². The molecule has 0 bridgehead atoms. The fourth-order valence-corrected chi connectivity index (χ4v) is 1.11. The first-order valence-electron chi connectivity index (χ1n) is 3.60. The molecule has 0 rings (SSSR count). The fourth-order valence-electron chi connectivity index (χ4n) is 0.899. The second kappa shape index (κ2) is 5.38.